The van der Waals surface area contributed by atoms with E-state index < -0.39 is 0 Å². The van der Waals surface area contributed by atoms with Crippen LogP contribution in [-0.4, -0.2) is 65.7 Å². The second-order valence-electron chi connectivity index (χ2n) is 5.67. The molecule has 2 saturated heterocycles. The van der Waals surface area contributed by atoms with E-state index in [2.05, 4.69) is 20.2 Å². The zero-order valence-electron chi connectivity index (χ0n) is 13.1. The van der Waals surface area contributed by atoms with Crippen LogP contribution >= 0.6 is 35.7 Å². The molecule has 3 heterocycles. The number of hydrogen-bond donors (Lipinski definition) is 2. The number of ether oxygens (including phenoxy) is 1. The number of aliphatic imine (C=N–C) groups is 1. The summed E-state index contributed by atoms with van der Waals surface area (Å²) in [6.07, 6.45) is 2.90. The predicted molar refractivity (Wildman–Crippen MR) is 107 cm³/mol. The van der Waals surface area contributed by atoms with Crippen molar-refractivity contribution in [2.45, 2.75) is 12.0 Å². The maximum atomic E-state index is 6.02. The van der Waals surface area contributed by atoms with Crippen molar-refractivity contribution in [2.24, 2.45) is 10.7 Å². The van der Waals surface area contributed by atoms with Crippen molar-refractivity contribution in [1.82, 2.24) is 9.88 Å². The van der Waals surface area contributed by atoms with Gasteiger partial charge in [-0.3, -0.25) is 9.89 Å². The maximum Gasteiger partial charge on any atom is 0.194 e. The fraction of sp³-hybridized carbons (Fsp3) is 0.600. The number of nitrogens with two attached hydrogens (primary N) is 1. The summed E-state index contributed by atoms with van der Waals surface area (Å²) in [5, 5.41) is 3.05. The van der Waals surface area contributed by atoms with Gasteiger partial charge in [0.25, 0.3) is 0 Å². The molecule has 0 radical (unpaired) electrons. The monoisotopic (exact) mass is 449 g/mol. The van der Waals surface area contributed by atoms with Crippen molar-refractivity contribution >= 4 is 47.5 Å². The SMILES string of the molecule is I.NC(=NCC1(N2CCOCC2)CCSC1)Nc1ccccn1. The number of halogens is 1. The molecule has 3 rings (SSSR count). The zero-order chi connectivity index (χ0) is 15.3. The quantitative estimate of drug-likeness (QED) is 0.414. The van der Waals surface area contributed by atoms with Crippen LogP contribution in [0.4, 0.5) is 5.82 Å². The van der Waals surface area contributed by atoms with Crippen LogP contribution in [0.25, 0.3) is 0 Å². The number of nitrogens with one attached hydrogen (secondary N) is 1. The highest BCUT2D eigenvalue weighted by atomic mass is 127. The van der Waals surface area contributed by atoms with Gasteiger partial charge in [-0.05, 0) is 24.3 Å². The van der Waals surface area contributed by atoms with Gasteiger partial charge in [-0.2, -0.15) is 11.8 Å². The Morgan fingerprint density at radius 1 is 1.43 bits per heavy atom. The van der Waals surface area contributed by atoms with Crippen molar-refractivity contribution < 1.29 is 4.74 Å². The van der Waals surface area contributed by atoms with Crippen LogP contribution in [0.2, 0.25) is 0 Å². The summed E-state index contributed by atoms with van der Waals surface area (Å²) in [5.74, 6) is 3.47. The molecule has 0 bridgehead atoms. The van der Waals surface area contributed by atoms with Crippen molar-refractivity contribution in [1.29, 1.82) is 0 Å². The maximum absolute atomic E-state index is 6.02. The molecule has 1 unspecified atom stereocenters. The minimum atomic E-state index is 0. The Labute approximate surface area is 158 Å². The first kappa shape index (κ1) is 18.8. The standard InChI is InChI=1S/C15H23N5OS.HI/c16-14(19-13-3-1-2-5-17-13)18-11-15(4-10-22-12-15)20-6-8-21-9-7-20;/h1-3,5H,4,6-12H2,(H3,16,17,18,19);1H. The van der Waals surface area contributed by atoms with Crippen LogP contribution < -0.4 is 11.1 Å². The summed E-state index contributed by atoms with van der Waals surface area (Å²) in [5.41, 5.74) is 6.15. The Bertz CT molecular complexity index is 504. The average Bonchev–Trinajstić information content (AvgIpc) is 3.05. The van der Waals surface area contributed by atoms with E-state index in [4.69, 9.17) is 10.5 Å². The summed E-state index contributed by atoms with van der Waals surface area (Å²) in [6, 6.07) is 5.68. The first-order valence-electron chi connectivity index (χ1n) is 7.67. The third-order valence-corrected chi connectivity index (χ3v) is 5.46. The number of thioether (sulfide) groups is 1. The summed E-state index contributed by atoms with van der Waals surface area (Å²) >= 11 is 2.01. The second-order valence-corrected chi connectivity index (χ2v) is 6.77. The highest BCUT2D eigenvalue weighted by molar-refractivity contribution is 14.0. The van der Waals surface area contributed by atoms with Gasteiger partial charge < -0.3 is 15.8 Å². The van der Waals surface area contributed by atoms with Gasteiger partial charge in [0.2, 0.25) is 0 Å². The van der Waals surface area contributed by atoms with Gasteiger partial charge in [0.1, 0.15) is 5.82 Å². The summed E-state index contributed by atoms with van der Waals surface area (Å²) < 4.78 is 5.48. The number of morpholine rings is 1. The molecule has 2 aliphatic heterocycles. The molecule has 0 aromatic carbocycles. The Kier molecular flexibility index (Phi) is 7.38. The number of guanidine groups is 1. The first-order chi connectivity index (χ1) is 10.8. The van der Waals surface area contributed by atoms with E-state index in [9.17, 15) is 0 Å². The van der Waals surface area contributed by atoms with Gasteiger partial charge in [0.15, 0.2) is 5.96 Å². The van der Waals surface area contributed by atoms with Gasteiger partial charge in [-0.25, -0.2) is 4.98 Å². The smallest absolute Gasteiger partial charge is 0.194 e. The number of anilines is 1. The average molecular weight is 449 g/mol. The largest absolute Gasteiger partial charge is 0.379 e. The minimum absolute atomic E-state index is 0. The fourth-order valence-electron chi connectivity index (χ4n) is 2.95. The highest BCUT2D eigenvalue weighted by Crippen LogP contribution is 2.34. The second kappa shape index (κ2) is 9.05. The molecule has 0 aliphatic carbocycles. The Balaban J connectivity index is 0.00000192. The number of rotatable bonds is 4. The van der Waals surface area contributed by atoms with Crippen LogP contribution in [-0.2, 0) is 4.74 Å². The van der Waals surface area contributed by atoms with Gasteiger partial charge >= 0.3 is 0 Å². The molecule has 128 valence electrons. The highest BCUT2D eigenvalue weighted by Gasteiger charge is 2.40. The lowest BCUT2D eigenvalue weighted by molar-refractivity contribution is -0.0104. The molecule has 1 aromatic rings. The normalized spacial score (nSPS) is 25.8. The molecule has 2 fully saturated rings. The van der Waals surface area contributed by atoms with E-state index in [0.29, 0.717) is 5.96 Å². The Morgan fingerprint density at radius 2 is 2.26 bits per heavy atom. The number of nitrogens with zero attached hydrogens (tertiary/aromatic N) is 3. The lowest BCUT2D eigenvalue weighted by Gasteiger charge is -2.42. The van der Waals surface area contributed by atoms with Crippen LogP contribution in [0, 0.1) is 0 Å². The van der Waals surface area contributed by atoms with Gasteiger partial charge in [0, 0.05) is 25.0 Å². The summed E-state index contributed by atoms with van der Waals surface area (Å²) in [6.45, 7) is 4.34. The summed E-state index contributed by atoms with van der Waals surface area (Å²) in [7, 11) is 0. The summed E-state index contributed by atoms with van der Waals surface area (Å²) in [4.78, 5) is 11.3. The van der Waals surface area contributed by atoms with Crippen LogP contribution in [0.15, 0.2) is 29.4 Å². The number of aromatic nitrogens is 1. The van der Waals surface area contributed by atoms with Crippen molar-refractivity contribution in [2.75, 3.05) is 49.7 Å². The number of pyridine rings is 1. The molecule has 0 saturated carbocycles. The lowest BCUT2D eigenvalue weighted by Crippen LogP contribution is -2.56. The van der Waals surface area contributed by atoms with Gasteiger partial charge in [-0.15, -0.1) is 24.0 Å². The van der Waals surface area contributed by atoms with Gasteiger partial charge in [0.05, 0.1) is 25.3 Å². The van der Waals surface area contributed by atoms with Crippen molar-refractivity contribution in [3.8, 4) is 0 Å². The molecule has 1 atom stereocenters. The fourth-order valence-corrected chi connectivity index (χ4v) is 4.41. The molecule has 2 aliphatic rings. The van der Waals surface area contributed by atoms with Crippen LogP contribution in [0.1, 0.15) is 6.42 Å². The topological polar surface area (TPSA) is 75.8 Å². The van der Waals surface area contributed by atoms with Crippen molar-refractivity contribution in [3.05, 3.63) is 24.4 Å². The van der Waals surface area contributed by atoms with Crippen LogP contribution in [0.5, 0.6) is 0 Å². The first-order valence-corrected chi connectivity index (χ1v) is 8.83. The van der Waals surface area contributed by atoms with Crippen LogP contribution in [0.3, 0.4) is 0 Å². The van der Waals surface area contributed by atoms with E-state index in [1.165, 1.54) is 5.75 Å². The molecule has 3 N–H and O–H groups in total. The molecule has 8 heteroatoms. The van der Waals surface area contributed by atoms with Crippen molar-refractivity contribution in [3.63, 3.8) is 0 Å². The Hall–Kier alpha value is -0.580. The number of hydrogen-bond acceptors (Lipinski definition) is 5. The predicted octanol–water partition coefficient (Wildman–Crippen LogP) is 1.63. The van der Waals surface area contributed by atoms with E-state index in [-0.39, 0.29) is 29.5 Å². The zero-order valence-corrected chi connectivity index (χ0v) is 16.3. The third kappa shape index (κ3) is 4.94. The van der Waals surface area contributed by atoms with E-state index in [1.807, 2.05) is 30.0 Å². The van der Waals surface area contributed by atoms with E-state index in [1.54, 1.807) is 6.20 Å². The van der Waals surface area contributed by atoms with Gasteiger partial charge in [-0.1, -0.05) is 6.07 Å². The molecular formula is C15H24IN5OS. The third-order valence-electron chi connectivity index (χ3n) is 4.23. The van der Waals surface area contributed by atoms with E-state index >= 15 is 0 Å². The molecule has 0 amide bonds. The molecule has 0 spiro atoms. The Morgan fingerprint density at radius 3 is 2.91 bits per heavy atom. The minimum Gasteiger partial charge on any atom is -0.379 e. The van der Waals surface area contributed by atoms with E-state index in [0.717, 1.165) is 50.8 Å². The lowest BCUT2D eigenvalue weighted by atomic mass is 9.96. The molecule has 6 nitrogen and oxygen atoms in total. The molecule has 1 aromatic heterocycles. The molecule has 23 heavy (non-hydrogen) atoms. The molecular weight excluding hydrogens is 425 g/mol.